The topological polar surface area (TPSA) is 24.4 Å². The Hall–Kier alpha value is -1.12. The van der Waals surface area contributed by atoms with Crippen LogP contribution < -0.4 is 5.32 Å². The van der Waals surface area contributed by atoms with Gasteiger partial charge in [0.2, 0.25) is 0 Å². The Balaban J connectivity index is 2.77. The summed E-state index contributed by atoms with van der Waals surface area (Å²) in [7, 11) is 1.43. The molecule has 0 bridgehead atoms. The van der Waals surface area contributed by atoms with Gasteiger partial charge >= 0.3 is 0 Å². The summed E-state index contributed by atoms with van der Waals surface area (Å²) in [5.74, 6) is 0. The van der Waals surface area contributed by atoms with Crippen LogP contribution >= 0.6 is 0 Å². The van der Waals surface area contributed by atoms with Crippen LogP contribution in [0.15, 0.2) is 28.9 Å². The molecule has 0 amide bonds. The second kappa shape index (κ2) is 3.73. The zero-order chi connectivity index (χ0) is 9.90. The Labute approximate surface area is 78.2 Å². The largest absolute Gasteiger partial charge is 0.319 e. The van der Waals surface area contributed by atoms with E-state index in [1.807, 2.05) is 12.2 Å². The molecule has 0 aromatic rings. The molecule has 72 valence electrons. The molecule has 2 nitrogen and oxygen atoms in total. The van der Waals surface area contributed by atoms with Crippen LogP contribution in [-0.2, 0) is 0 Å². The maximum atomic E-state index is 12.8. The number of hydrogen-bond acceptors (Lipinski definition) is 1. The van der Waals surface area contributed by atoms with E-state index in [9.17, 15) is 4.39 Å². The van der Waals surface area contributed by atoms with Crippen molar-refractivity contribution in [3.63, 3.8) is 0 Å². The minimum atomic E-state index is -0.533. The lowest BCUT2D eigenvalue weighted by molar-refractivity contribution is 0.427. The van der Waals surface area contributed by atoms with Gasteiger partial charge in [0.25, 0.3) is 6.09 Å². The van der Waals surface area contributed by atoms with Gasteiger partial charge in [0, 0.05) is 18.2 Å². The van der Waals surface area contributed by atoms with E-state index in [-0.39, 0.29) is 5.41 Å². The third-order valence-corrected chi connectivity index (χ3v) is 2.19. The summed E-state index contributed by atoms with van der Waals surface area (Å²) < 4.78 is 12.8. The van der Waals surface area contributed by atoms with Crippen molar-refractivity contribution in [3.8, 4) is 0 Å². The van der Waals surface area contributed by atoms with Crippen LogP contribution in [0.5, 0.6) is 0 Å². The van der Waals surface area contributed by atoms with E-state index in [1.165, 1.54) is 7.05 Å². The first-order chi connectivity index (χ1) is 6.06. The molecule has 1 aliphatic carbocycles. The second-order valence-corrected chi connectivity index (χ2v) is 3.74. The zero-order valence-electron chi connectivity index (χ0n) is 8.26. The Morgan fingerprint density at radius 2 is 2.31 bits per heavy atom. The molecule has 0 aliphatic heterocycles. The quantitative estimate of drug-likeness (QED) is 0.376. The summed E-state index contributed by atoms with van der Waals surface area (Å²) >= 11 is 0. The van der Waals surface area contributed by atoms with Crippen molar-refractivity contribution in [1.29, 1.82) is 0 Å². The van der Waals surface area contributed by atoms with Gasteiger partial charge in [0.1, 0.15) is 0 Å². The van der Waals surface area contributed by atoms with Gasteiger partial charge in [0.05, 0.1) is 0 Å². The molecule has 1 N–H and O–H groups in total. The second-order valence-electron chi connectivity index (χ2n) is 3.74. The van der Waals surface area contributed by atoms with E-state index in [1.54, 1.807) is 0 Å². The summed E-state index contributed by atoms with van der Waals surface area (Å²) in [6.45, 7) is 4.14. The highest BCUT2D eigenvalue weighted by Crippen LogP contribution is 2.31. The van der Waals surface area contributed by atoms with Crippen molar-refractivity contribution in [3.05, 3.63) is 23.9 Å². The molecule has 0 aromatic heterocycles. The standard InChI is InChI=1S/C10H15FN2/c1-10(2)7-5-4-6-8(10)13-9(11)12-3/h4-6H,7H2,1-3H3,(H,12,13). The number of amidine groups is 1. The third kappa shape index (κ3) is 2.41. The van der Waals surface area contributed by atoms with Crippen LogP contribution in [-0.4, -0.2) is 13.1 Å². The van der Waals surface area contributed by atoms with E-state index >= 15 is 0 Å². The molecule has 1 aliphatic rings. The van der Waals surface area contributed by atoms with Crippen molar-refractivity contribution in [2.24, 2.45) is 10.4 Å². The highest BCUT2D eigenvalue weighted by Gasteiger charge is 2.24. The molecule has 0 heterocycles. The van der Waals surface area contributed by atoms with Crippen molar-refractivity contribution in [2.45, 2.75) is 20.3 Å². The predicted octanol–water partition coefficient (Wildman–Crippen LogP) is 2.40. The van der Waals surface area contributed by atoms with Gasteiger partial charge in [-0.2, -0.15) is 4.39 Å². The minimum absolute atomic E-state index is 0.0310. The highest BCUT2D eigenvalue weighted by molar-refractivity contribution is 5.74. The number of aliphatic imine (C=N–C) groups is 1. The minimum Gasteiger partial charge on any atom is -0.319 e. The molecular weight excluding hydrogens is 167 g/mol. The monoisotopic (exact) mass is 182 g/mol. The van der Waals surface area contributed by atoms with Gasteiger partial charge in [-0.25, -0.2) is 4.99 Å². The molecule has 0 aromatic carbocycles. The molecular formula is C10H15FN2. The van der Waals surface area contributed by atoms with E-state index < -0.39 is 6.09 Å². The van der Waals surface area contributed by atoms with Crippen LogP contribution in [0.1, 0.15) is 20.3 Å². The first-order valence-electron chi connectivity index (χ1n) is 4.33. The first kappa shape index (κ1) is 9.96. The fourth-order valence-electron chi connectivity index (χ4n) is 1.24. The fourth-order valence-corrected chi connectivity index (χ4v) is 1.24. The molecule has 3 heteroatoms. The Morgan fingerprint density at radius 1 is 1.62 bits per heavy atom. The lowest BCUT2D eigenvalue weighted by Gasteiger charge is -2.28. The summed E-state index contributed by atoms with van der Waals surface area (Å²) in [5.41, 5.74) is 0.842. The fraction of sp³-hybridized carbons (Fsp3) is 0.500. The number of halogens is 1. The van der Waals surface area contributed by atoms with Crippen molar-refractivity contribution in [1.82, 2.24) is 5.32 Å². The molecule has 1 rings (SSSR count). The average Bonchev–Trinajstić information content (AvgIpc) is 2.08. The van der Waals surface area contributed by atoms with Gasteiger partial charge in [-0.05, 0) is 12.5 Å². The number of nitrogens with zero attached hydrogens (tertiary/aromatic N) is 1. The third-order valence-electron chi connectivity index (χ3n) is 2.19. The lowest BCUT2D eigenvalue weighted by atomic mass is 9.82. The average molecular weight is 182 g/mol. The Bertz CT molecular complexity index is 275. The van der Waals surface area contributed by atoms with Crippen LogP contribution in [0.3, 0.4) is 0 Å². The van der Waals surface area contributed by atoms with Crippen LogP contribution in [0.25, 0.3) is 0 Å². The van der Waals surface area contributed by atoms with E-state index in [2.05, 4.69) is 30.2 Å². The summed E-state index contributed by atoms with van der Waals surface area (Å²) in [6, 6.07) is 0. The molecule has 13 heavy (non-hydrogen) atoms. The van der Waals surface area contributed by atoms with Crippen LogP contribution in [0.2, 0.25) is 0 Å². The lowest BCUT2D eigenvalue weighted by Crippen LogP contribution is -2.30. The Morgan fingerprint density at radius 3 is 2.85 bits per heavy atom. The van der Waals surface area contributed by atoms with Crippen molar-refractivity contribution >= 4 is 6.09 Å². The van der Waals surface area contributed by atoms with E-state index in [0.29, 0.717) is 0 Å². The Kier molecular flexibility index (Phi) is 2.86. The van der Waals surface area contributed by atoms with Crippen molar-refractivity contribution in [2.75, 3.05) is 7.05 Å². The van der Waals surface area contributed by atoms with Gasteiger partial charge in [0.15, 0.2) is 0 Å². The number of allylic oxidation sites excluding steroid dienone is 4. The maximum Gasteiger partial charge on any atom is 0.281 e. The summed E-state index contributed by atoms with van der Waals surface area (Å²) in [5, 5.41) is 2.65. The summed E-state index contributed by atoms with van der Waals surface area (Å²) in [6.07, 6.45) is 6.27. The molecule has 0 saturated heterocycles. The molecule has 0 saturated carbocycles. The van der Waals surface area contributed by atoms with Crippen molar-refractivity contribution < 1.29 is 4.39 Å². The van der Waals surface area contributed by atoms with E-state index in [0.717, 1.165) is 12.1 Å². The molecule has 0 radical (unpaired) electrons. The first-order valence-corrected chi connectivity index (χ1v) is 4.33. The van der Waals surface area contributed by atoms with Gasteiger partial charge in [-0.3, -0.25) is 0 Å². The highest BCUT2D eigenvalue weighted by atomic mass is 19.1. The summed E-state index contributed by atoms with van der Waals surface area (Å²) in [4.78, 5) is 3.42. The smallest absolute Gasteiger partial charge is 0.281 e. The maximum absolute atomic E-state index is 12.8. The number of hydrogen-bond donors (Lipinski definition) is 1. The number of rotatable bonds is 1. The molecule has 0 spiro atoms. The normalized spacial score (nSPS) is 21.2. The van der Waals surface area contributed by atoms with E-state index in [4.69, 9.17) is 0 Å². The molecule has 0 atom stereocenters. The molecule has 0 unspecified atom stereocenters. The number of nitrogens with one attached hydrogen (secondary N) is 1. The molecule has 0 fully saturated rings. The van der Waals surface area contributed by atoms with Gasteiger partial charge in [-0.1, -0.05) is 26.0 Å². The predicted molar refractivity (Wildman–Crippen MR) is 53.2 cm³/mol. The van der Waals surface area contributed by atoms with Gasteiger partial charge in [-0.15, -0.1) is 0 Å². The zero-order valence-corrected chi connectivity index (χ0v) is 8.26. The van der Waals surface area contributed by atoms with Crippen LogP contribution in [0, 0.1) is 5.41 Å². The van der Waals surface area contributed by atoms with Gasteiger partial charge < -0.3 is 5.32 Å². The SMILES string of the molecule is CN=C(F)NC1=CC=CCC1(C)C. The van der Waals surface area contributed by atoms with Crippen LogP contribution in [0.4, 0.5) is 4.39 Å².